The van der Waals surface area contributed by atoms with Gasteiger partial charge in [0.05, 0.1) is 22.3 Å². The summed E-state index contributed by atoms with van der Waals surface area (Å²) in [4.78, 5) is 0. The first kappa shape index (κ1) is 15.4. The van der Waals surface area contributed by atoms with E-state index in [4.69, 9.17) is 0 Å². The molecule has 1 aromatic rings. The van der Waals surface area contributed by atoms with Gasteiger partial charge in [0.1, 0.15) is 0 Å². The number of aromatic nitrogens is 2. The molecule has 1 aliphatic rings. The van der Waals surface area contributed by atoms with Crippen molar-refractivity contribution in [1.82, 2.24) is 9.78 Å². The summed E-state index contributed by atoms with van der Waals surface area (Å²) >= 11 is 0. The van der Waals surface area contributed by atoms with Crippen LogP contribution in [0.3, 0.4) is 0 Å². The highest BCUT2D eigenvalue weighted by Crippen LogP contribution is 2.31. The van der Waals surface area contributed by atoms with Crippen molar-refractivity contribution in [3.8, 4) is 0 Å². The van der Waals surface area contributed by atoms with Crippen LogP contribution in [-0.2, 0) is 9.84 Å². The van der Waals surface area contributed by atoms with Crippen molar-refractivity contribution in [2.24, 2.45) is 0 Å². The molecule has 0 aromatic carbocycles. The second-order valence-electron chi connectivity index (χ2n) is 6.13. The van der Waals surface area contributed by atoms with Crippen LogP contribution in [0.1, 0.15) is 50.5 Å². The lowest BCUT2D eigenvalue weighted by Crippen LogP contribution is -2.34. The lowest BCUT2D eigenvalue weighted by Gasteiger charge is -2.21. The molecule has 1 aromatic heterocycles. The van der Waals surface area contributed by atoms with E-state index in [0.29, 0.717) is 6.04 Å². The maximum Gasteiger partial charge on any atom is 0.152 e. The van der Waals surface area contributed by atoms with Gasteiger partial charge in [-0.2, -0.15) is 5.10 Å². The lowest BCUT2D eigenvalue weighted by atomic mass is 10.2. The molecule has 114 valence electrons. The topological polar surface area (TPSA) is 64.0 Å². The van der Waals surface area contributed by atoms with Gasteiger partial charge in [0.15, 0.2) is 9.84 Å². The van der Waals surface area contributed by atoms with Crippen LogP contribution in [0.15, 0.2) is 0 Å². The van der Waals surface area contributed by atoms with Crippen LogP contribution < -0.4 is 5.32 Å². The number of nitrogens with one attached hydrogen (secondary N) is 1. The Kier molecular flexibility index (Phi) is 4.14. The SMILES string of the molecule is Cc1nn(C(C)C)c(C)c1NC1CCCC1S(C)(=O)=O. The van der Waals surface area contributed by atoms with E-state index in [0.717, 1.165) is 36.3 Å². The molecule has 0 aliphatic heterocycles. The fourth-order valence-corrected chi connectivity index (χ4v) is 4.56. The molecule has 0 bridgehead atoms. The first-order valence-electron chi connectivity index (χ1n) is 7.23. The van der Waals surface area contributed by atoms with E-state index >= 15 is 0 Å². The Balaban J connectivity index is 2.26. The van der Waals surface area contributed by atoms with Crippen LogP contribution in [-0.4, -0.2) is 35.7 Å². The molecule has 1 fully saturated rings. The maximum atomic E-state index is 11.9. The second-order valence-corrected chi connectivity index (χ2v) is 8.40. The molecule has 1 saturated carbocycles. The Labute approximate surface area is 121 Å². The largest absolute Gasteiger partial charge is 0.378 e. The van der Waals surface area contributed by atoms with Crippen LogP contribution in [0.4, 0.5) is 5.69 Å². The highest BCUT2D eigenvalue weighted by molar-refractivity contribution is 7.91. The van der Waals surface area contributed by atoms with Crippen LogP contribution in [0.25, 0.3) is 0 Å². The normalized spacial score (nSPS) is 23.5. The fourth-order valence-electron chi connectivity index (χ4n) is 3.16. The summed E-state index contributed by atoms with van der Waals surface area (Å²) < 4.78 is 25.7. The van der Waals surface area contributed by atoms with Crippen molar-refractivity contribution in [2.75, 3.05) is 11.6 Å². The van der Waals surface area contributed by atoms with Gasteiger partial charge in [-0.1, -0.05) is 0 Å². The van der Waals surface area contributed by atoms with Crippen molar-refractivity contribution in [3.05, 3.63) is 11.4 Å². The van der Waals surface area contributed by atoms with Crippen molar-refractivity contribution < 1.29 is 8.42 Å². The Morgan fingerprint density at radius 3 is 2.45 bits per heavy atom. The van der Waals surface area contributed by atoms with E-state index in [9.17, 15) is 8.42 Å². The molecule has 0 amide bonds. The Bertz CT molecular complexity index is 590. The van der Waals surface area contributed by atoms with Crippen LogP contribution in [0, 0.1) is 13.8 Å². The number of nitrogens with zero attached hydrogens (tertiary/aromatic N) is 2. The van der Waals surface area contributed by atoms with Gasteiger partial charge < -0.3 is 5.32 Å². The lowest BCUT2D eigenvalue weighted by molar-refractivity contribution is 0.516. The molecular weight excluding hydrogens is 274 g/mol. The average molecular weight is 299 g/mol. The highest BCUT2D eigenvalue weighted by Gasteiger charge is 2.35. The van der Waals surface area contributed by atoms with Crippen molar-refractivity contribution >= 4 is 15.5 Å². The van der Waals surface area contributed by atoms with E-state index in [1.165, 1.54) is 6.26 Å². The summed E-state index contributed by atoms with van der Waals surface area (Å²) in [5.41, 5.74) is 3.02. The molecule has 5 nitrogen and oxygen atoms in total. The molecule has 1 N–H and O–H groups in total. The number of hydrogen-bond acceptors (Lipinski definition) is 4. The molecular formula is C14H25N3O2S. The van der Waals surface area contributed by atoms with Gasteiger partial charge in [-0.15, -0.1) is 0 Å². The average Bonchev–Trinajstić information content (AvgIpc) is 2.88. The summed E-state index contributed by atoms with van der Waals surface area (Å²) in [5, 5.41) is 7.72. The van der Waals surface area contributed by atoms with Gasteiger partial charge >= 0.3 is 0 Å². The van der Waals surface area contributed by atoms with Gasteiger partial charge in [0.2, 0.25) is 0 Å². The summed E-state index contributed by atoms with van der Waals surface area (Å²) in [6.45, 7) is 8.20. The molecule has 6 heteroatoms. The van der Waals surface area contributed by atoms with E-state index in [-0.39, 0.29) is 11.3 Å². The minimum Gasteiger partial charge on any atom is -0.378 e. The number of anilines is 1. The fraction of sp³-hybridized carbons (Fsp3) is 0.786. The van der Waals surface area contributed by atoms with Crippen LogP contribution in [0.5, 0.6) is 0 Å². The third-order valence-electron chi connectivity index (χ3n) is 4.15. The predicted molar refractivity (Wildman–Crippen MR) is 82.0 cm³/mol. The minimum atomic E-state index is -3.00. The van der Waals surface area contributed by atoms with Crippen molar-refractivity contribution in [3.63, 3.8) is 0 Å². The standard InChI is InChI=1S/C14H25N3O2S/c1-9(2)17-11(4)14(10(3)16-17)15-12-7-6-8-13(12)20(5,18)19/h9,12-13,15H,6-8H2,1-5H3. The van der Waals surface area contributed by atoms with E-state index in [2.05, 4.69) is 24.3 Å². The van der Waals surface area contributed by atoms with E-state index < -0.39 is 9.84 Å². The molecule has 0 saturated heterocycles. The summed E-state index contributed by atoms with van der Waals surface area (Å²) in [6, 6.07) is 0.311. The van der Waals surface area contributed by atoms with E-state index in [1.807, 2.05) is 18.5 Å². The zero-order valence-corrected chi connectivity index (χ0v) is 13.8. The minimum absolute atomic E-state index is 0.00668. The number of aryl methyl sites for hydroxylation is 1. The Morgan fingerprint density at radius 1 is 1.30 bits per heavy atom. The number of rotatable bonds is 4. The van der Waals surface area contributed by atoms with Crippen molar-refractivity contribution in [2.45, 2.75) is 64.3 Å². The zero-order chi connectivity index (χ0) is 15.1. The molecule has 2 atom stereocenters. The van der Waals surface area contributed by atoms with E-state index in [1.54, 1.807) is 0 Å². The smallest absolute Gasteiger partial charge is 0.152 e. The predicted octanol–water partition coefficient (Wildman–Crippen LogP) is 2.46. The van der Waals surface area contributed by atoms with Gasteiger partial charge in [0, 0.05) is 18.3 Å². The highest BCUT2D eigenvalue weighted by atomic mass is 32.2. The summed E-state index contributed by atoms with van der Waals surface area (Å²) in [5.74, 6) is 0. The first-order valence-corrected chi connectivity index (χ1v) is 9.18. The molecule has 1 aliphatic carbocycles. The molecule has 2 rings (SSSR count). The quantitative estimate of drug-likeness (QED) is 0.927. The second kappa shape index (κ2) is 5.39. The number of sulfone groups is 1. The maximum absolute atomic E-state index is 11.9. The summed E-state index contributed by atoms with van der Waals surface area (Å²) in [6.07, 6.45) is 3.97. The van der Waals surface area contributed by atoms with Crippen LogP contribution >= 0.6 is 0 Å². The third-order valence-corrected chi connectivity index (χ3v) is 5.81. The van der Waals surface area contributed by atoms with Gasteiger partial charge in [-0.3, -0.25) is 4.68 Å². The third kappa shape index (κ3) is 2.85. The first-order chi connectivity index (χ1) is 9.21. The summed E-state index contributed by atoms with van der Waals surface area (Å²) in [7, 11) is -3.00. The Morgan fingerprint density at radius 2 is 1.95 bits per heavy atom. The van der Waals surface area contributed by atoms with Crippen LogP contribution in [0.2, 0.25) is 0 Å². The molecule has 0 spiro atoms. The monoisotopic (exact) mass is 299 g/mol. The van der Waals surface area contributed by atoms with Crippen molar-refractivity contribution in [1.29, 1.82) is 0 Å². The van der Waals surface area contributed by atoms with Gasteiger partial charge in [-0.25, -0.2) is 8.42 Å². The molecule has 20 heavy (non-hydrogen) atoms. The zero-order valence-electron chi connectivity index (χ0n) is 13.0. The Hall–Kier alpha value is -1.04. The van der Waals surface area contributed by atoms with Gasteiger partial charge in [-0.05, 0) is 47.0 Å². The van der Waals surface area contributed by atoms with Gasteiger partial charge in [0.25, 0.3) is 0 Å². The molecule has 0 radical (unpaired) electrons. The molecule has 1 heterocycles. The number of hydrogen-bond donors (Lipinski definition) is 1. The molecule has 2 unspecified atom stereocenters.